The van der Waals surface area contributed by atoms with Gasteiger partial charge in [-0.05, 0) is 31.2 Å². The molecule has 0 aliphatic carbocycles. The maximum atomic E-state index is 12.2. The molecule has 1 amide bonds. The van der Waals surface area contributed by atoms with E-state index in [0.29, 0.717) is 23.7 Å². The van der Waals surface area contributed by atoms with Gasteiger partial charge in [0.25, 0.3) is 5.91 Å². The number of rotatable bonds is 4. The minimum atomic E-state index is -0.0958. The molecule has 0 aliphatic rings. The number of hydrogen-bond acceptors (Lipinski definition) is 3. The van der Waals surface area contributed by atoms with Crippen LogP contribution >= 0.6 is 0 Å². The van der Waals surface area contributed by atoms with Gasteiger partial charge in [0.15, 0.2) is 0 Å². The number of benzene rings is 1. The summed E-state index contributed by atoms with van der Waals surface area (Å²) in [5.41, 5.74) is 0.468. The van der Waals surface area contributed by atoms with Gasteiger partial charge in [0, 0.05) is 19.8 Å². The Balaban J connectivity index is 2.29. The Labute approximate surface area is 112 Å². The molecule has 2 rings (SSSR count). The lowest BCUT2D eigenvalue weighted by Crippen LogP contribution is -2.26. The van der Waals surface area contributed by atoms with Gasteiger partial charge in [-0.25, -0.2) is 4.98 Å². The molecule has 0 radical (unpaired) electrons. The van der Waals surface area contributed by atoms with Gasteiger partial charge in [-0.2, -0.15) is 0 Å². The van der Waals surface area contributed by atoms with E-state index >= 15 is 0 Å². The first-order valence-electron chi connectivity index (χ1n) is 6.15. The zero-order chi connectivity index (χ0) is 13.7. The molecule has 0 N–H and O–H groups in total. The fourth-order valence-corrected chi connectivity index (χ4v) is 1.58. The molecule has 0 fully saturated rings. The first-order chi connectivity index (χ1) is 9.22. The number of aromatic nitrogens is 1. The fraction of sp³-hybridized carbons (Fsp3) is 0.200. The van der Waals surface area contributed by atoms with E-state index < -0.39 is 0 Å². The van der Waals surface area contributed by atoms with Crippen molar-refractivity contribution in [2.24, 2.45) is 0 Å². The van der Waals surface area contributed by atoms with E-state index in [0.717, 1.165) is 0 Å². The van der Waals surface area contributed by atoms with Gasteiger partial charge in [0.1, 0.15) is 11.3 Å². The van der Waals surface area contributed by atoms with Crippen LogP contribution in [0.1, 0.15) is 17.3 Å². The third-order valence-corrected chi connectivity index (χ3v) is 2.78. The topological polar surface area (TPSA) is 42.4 Å². The second-order valence-corrected chi connectivity index (χ2v) is 4.09. The molecule has 98 valence electrons. The van der Waals surface area contributed by atoms with Crippen LogP contribution < -0.4 is 4.74 Å². The van der Waals surface area contributed by atoms with Crippen molar-refractivity contribution in [3.63, 3.8) is 0 Å². The molecule has 1 aromatic carbocycles. The molecule has 4 nitrogen and oxygen atoms in total. The summed E-state index contributed by atoms with van der Waals surface area (Å²) in [5, 5.41) is 0. The number of carbonyl (C=O) groups is 1. The maximum absolute atomic E-state index is 12.2. The van der Waals surface area contributed by atoms with Gasteiger partial charge in [-0.1, -0.05) is 18.2 Å². The smallest absolute Gasteiger partial charge is 0.259 e. The molecule has 4 heteroatoms. The third kappa shape index (κ3) is 3.10. The Morgan fingerprint density at radius 3 is 2.63 bits per heavy atom. The van der Waals surface area contributed by atoms with Gasteiger partial charge in [-0.15, -0.1) is 0 Å². The quantitative estimate of drug-likeness (QED) is 0.844. The summed E-state index contributed by atoms with van der Waals surface area (Å²) in [4.78, 5) is 18.0. The van der Waals surface area contributed by atoms with E-state index in [1.165, 1.54) is 0 Å². The van der Waals surface area contributed by atoms with Crippen molar-refractivity contribution in [1.82, 2.24) is 9.88 Å². The highest BCUT2D eigenvalue weighted by Gasteiger charge is 2.16. The molecule has 0 spiro atoms. The summed E-state index contributed by atoms with van der Waals surface area (Å²) in [6, 6.07) is 12.8. The molecular weight excluding hydrogens is 240 g/mol. The maximum Gasteiger partial charge on any atom is 0.259 e. The zero-order valence-corrected chi connectivity index (χ0v) is 11.0. The van der Waals surface area contributed by atoms with Crippen molar-refractivity contribution in [2.45, 2.75) is 6.92 Å². The van der Waals surface area contributed by atoms with E-state index in [1.54, 1.807) is 30.3 Å². The molecule has 0 saturated heterocycles. The lowest BCUT2D eigenvalue weighted by Gasteiger charge is -2.16. The molecule has 0 bridgehead atoms. The van der Waals surface area contributed by atoms with Crippen molar-refractivity contribution < 1.29 is 9.53 Å². The van der Waals surface area contributed by atoms with Crippen LogP contribution in [0.3, 0.4) is 0 Å². The second kappa shape index (κ2) is 6.00. The van der Waals surface area contributed by atoms with Gasteiger partial charge in [-0.3, -0.25) is 4.79 Å². The number of ether oxygens (including phenoxy) is 1. The number of nitrogens with zero attached hydrogens (tertiary/aromatic N) is 2. The van der Waals surface area contributed by atoms with Crippen LogP contribution in [-0.2, 0) is 0 Å². The first-order valence-corrected chi connectivity index (χ1v) is 6.15. The summed E-state index contributed by atoms with van der Waals surface area (Å²) >= 11 is 0. The lowest BCUT2D eigenvalue weighted by molar-refractivity contribution is 0.0799. The summed E-state index contributed by atoms with van der Waals surface area (Å²) in [6.07, 6.45) is 1.61. The van der Waals surface area contributed by atoms with Crippen LogP contribution in [0.25, 0.3) is 0 Å². The number of pyridine rings is 1. The first kappa shape index (κ1) is 13.1. The second-order valence-electron chi connectivity index (χ2n) is 4.09. The SMILES string of the molecule is CCN(C)C(=O)c1cccnc1Oc1ccccc1. The van der Waals surface area contributed by atoms with E-state index in [9.17, 15) is 4.79 Å². The number of hydrogen-bond donors (Lipinski definition) is 0. The van der Waals surface area contributed by atoms with Gasteiger partial charge < -0.3 is 9.64 Å². The fourth-order valence-electron chi connectivity index (χ4n) is 1.58. The molecule has 0 saturated carbocycles. The van der Waals surface area contributed by atoms with Crippen LogP contribution in [0.5, 0.6) is 11.6 Å². The van der Waals surface area contributed by atoms with Crippen molar-refractivity contribution in [2.75, 3.05) is 13.6 Å². The Morgan fingerprint density at radius 2 is 1.95 bits per heavy atom. The standard InChI is InChI=1S/C15H16N2O2/c1-3-17(2)15(18)13-10-7-11-16-14(13)19-12-8-5-4-6-9-12/h4-11H,3H2,1-2H3. The average Bonchev–Trinajstić information content (AvgIpc) is 2.47. The highest BCUT2D eigenvalue weighted by molar-refractivity contribution is 5.96. The van der Waals surface area contributed by atoms with Crippen molar-refractivity contribution >= 4 is 5.91 Å². The Morgan fingerprint density at radius 1 is 1.21 bits per heavy atom. The van der Waals surface area contributed by atoms with E-state index in [-0.39, 0.29) is 5.91 Å². The van der Waals surface area contributed by atoms with Gasteiger partial charge in [0.2, 0.25) is 5.88 Å². The largest absolute Gasteiger partial charge is 0.438 e. The minimum Gasteiger partial charge on any atom is -0.438 e. The van der Waals surface area contributed by atoms with E-state index in [4.69, 9.17) is 4.74 Å². The van der Waals surface area contributed by atoms with Crippen LogP contribution in [0.4, 0.5) is 0 Å². The Kier molecular flexibility index (Phi) is 4.13. The minimum absolute atomic E-state index is 0.0958. The predicted molar refractivity (Wildman–Crippen MR) is 73.4 cm³/mol. The molecule has 19 heavy (non-hydrogen) atoms. The summed E-state index contributed by atoms with van der Waals surface area (Å²) in [6.45, 7) is 2.56. The van der Waals surface area contributed by atoms with E-state index in [1.807, 2.05) is 37.3 Å². The number of para-hydroxylation sites is 1. The Hall–Kier alpha value is -2.36. The highest BCUT2D eigenvalue weighted by Crippen LogP contribution is 2.23. The monoisotopic (exact) mass is 256 g/mol. The van der Waals surface area contributed by atoms with Gasteiger partial charge >= 0.3 is 0 Å². The highest BCUT2D eigenvalue weighted by atomic mass is 16.5. The Bertz CT molecular complexity index is 555. The summed E-state index contributed by atoms with van der Waals surface area (Å²) in [5.74, 6) is 0.898. The third-order valence-electron chi connectivity index (χ3n) is 2.78. The molecule has 0 unspecified atom stereocenters. The molecule has 2 aromatic rings. The molecule has 0 atom stereocenters. The van der Waals surface area contributed by atoms with E-state index in [2.05, 4.69) is 4.98 Å². The molecule has 1 aromatic heterocycles. The van der Waals surface area contributed by atoms with Crippen molar-refractivity contribution in [1.29, 1.82) is 0 Å². The molecular formula is C15H16N2O2. The average molecular weight is 256 g/mol. The molecule has 1 heterocycles. The predicted octanol–water partition coefficient (Wildman–Crippen LogP) is 2.97. The number of amides is 1. The number of carbonyl (C=O) groups excluding carboxylic acids is 1. The van der Waals surface area contributed by atoms with Gasteiger partial charge in [0.05, 0.1) is 0 Å². The van der Waals surface area contributed by atoms with Crippen molar-refractivity contribution in [3.8, 4) is 11.6 Å². The zero-order valence-electron chi connectivity index (χ0n) is 11.0. The summed E-state index contributed by atoms with van der Waals surface area (Å²) in [7, 11) is 1.75. The lowest BCUT2D eigenvalue weighted by atomic mass is 10.2. The summed E-state index contributed by atoms with van der Waals surface area (Å²) < 4.78 is 5.67. The normalized spacial score (nSPS) is 10.0. The van der Waals surface area contributed by atoms with Crippen LogP contribution in [0.15, 0.2) is 48.7 Å². The van der Waals surface area contributed by atoms with Crippen LogP contribution in [-0.4, -0.2) is 29.4 Å². The van der Waals surface area contributed by atoms with Crippen LogP contribution in [0, 0.1) is 0 Å². The van der Waals surface area contributed by atoms with Crippen LogP contribution in [0.2, 0.25) is 0 Å². The van der Waals surface area contributed by atoms with Crippen molar-refractivity contribution in [3.05, 3.63) is 54.2 Å². The molecule has 0 aliphatic heterocycles.